The summed E-state index contributed by atoms with van der Waals surface area (Å²) in [6, 6.07) is 15.8. The van der Waals surface area contributed by atoms with Crippen molar-refractivity contribution in [2.75, 3.05) is 18.8 Å². The minimum Gasteiger partial charge on any atom is -0.447 e. The van der Waals surface area contributed by atoms with Crippen molar-refractivity contribution in [1.82, 2.24) is 4.90 Å². The van der Waals surface area contributed by atoms with E-state index < -0.39 is 6.10 Å². The molecule has 1 aliphatic heterocycles. The van der Waals surface area contributed by atoms with E-state index in [9.17, 15) is 9.59 Å². The largest absolute Gasteiger partial charge is 0.447 e. The van der Waals surface area contributed by atoms with Gasteiger partial charge in [-0.3, -0.25) is 9.59 Å². The zero-order valence-corrected chi connectivity index (χ0v) is 17.5. The second-order valence-electron chi connectivity index (χ2n) is 7.74. The predicted octanol–water partition coefficient (Wildman–Crippen LogP) is 4.56. The highest BCUT2D eigenvalue weighted by Gasteiger charge is 2.30. The molecule has 1 aliphatic carbocycles. The van der Waals surface area contributed by atoms with Crippen LogP contribution in [0.1, 0.15) is 48.5 Å². The van der Waals surface area contributed by atoms with Crippen molar-refractivity contribution in [3.63, 3.8) is 0 Å². The summed E-state index contributed by atoms with van der Waals surface area (Å²) in [4.78, 5) is 28.6. The van der Waals surface area contributed by atoms with Crippen LogP contribution in [0.15, 0.2) is 53.4 Å². The second kappa shape index (κ2) is 9.49. The maximum absolute atomic E-state index is 13.1. The van der Waals surface area contributed by atoms with E-state index in [1.165, 1.54) is 29.3 Å². The molecule has 4 rings (SSSR count). The highest BCUT2D eigenvalue weighted by atomic mass is 32.2. The van der Waals surface area contributed by atoms with Gasteiger partial charge in [0.1, 0.15) is 0 Å². The molecule has 0 saturated carbocycles. The molecule has 0 N–H and O–H groups in total. The number of hydrogen-bond acceptors (Lipinski definition) is 4. The van der Waals surface area contributed by atoms with Gasteiger partial charge in [0.15, 0.2) is 0 Å². The lowest BCUT2D eigenvalue weighted by Crippen LogP contribution is -2.40. The average Bonchev–Trinajstić information content (AvgIpc) is 3.25. The number of thioether (sulfide) groups is 1. The molecule has 0 unspecified atom stereocenters. The SMILES string of the molecule is O=C(CSc1ccc2c(c1)CCC2)O[C@@H](C(=O)N1CCCCC1)c1ccccc1. The highest BCUT2D eigenvalue weighted by Crippen LogP contribution is 2.28. The fourth-order valence-corrected chi connectivity index (χ4v) is 4.86. The van der Waals surface area contributed by atoms with E-state index in [0.29, 0.717) is 0 Å². The minimum atomic E-state index is -0.859. The van der Waals surface area contributed by atoms with Crippen molar-refractivity contribution in [3.05, 3.63) is 65.2 Å². The second-order valence-corrected chi connectivity index (χ2v) is 8.79. The Morgan fingerprint density at radius 2 is 1.69 bits per heavy atom. The van der Waals surface area contributed by atoms with Gasteiger partial charge in [0.05, 0.1) is 5.75 Å². The molecule has 1 fully saturated rings. The third-order valence-corrected chi connectivity index (χ3v) is 6.64. The van der Waals surface area contributed by atoms with Crippen molar-refractivity contribution in [2.24, 2.45) is 0 Å². The molecule has 2 aromatic rings. The first-order valence-corrected chi connectivity index (χ1v) is 11.5. The van der Waals surface area contributed by atoms with Gasteiger partial charge in [0, 0.05) is 23.5 Å². The summed E-state index contributed by atoms with van der Waals surface area (Å²) in [6.07, 6.45) is 5.79. The van der Waals surface area contributed by atoms with Crippen LogP contribution in [0.3, 0.4) is 0 Å². The van der Waals surface area contributed by atoms with Crippen LogP contribution in [0.5, 0.6) is 0 Å². The van der Waals surface area contributed by atoms with Gasteiger partial charge in [0.25, 0.3) is 5.91 Å². The molecule has 0 aromatic heterocycles. The molecule has 4 nitrogen and oxygen atoms in total. The smallest absolute Gasteiger partial charge is 0.317 e. The maximum Gasteiger partial charge on any atom is 0.317 e. The van der Waals surface area contributed by atoms with E-state index in [1.807, 2.05) is 35.2 Å². The number of carbonyl (C=O) groups excluding carboxylic acids is 2. The first kappa shape index (κ1) is 20.0. The van der Waals surface area contributed by atoms with Crippen molar-refractivity contribution >= 4 is 23.6 Å². The molecule has 0 radical (unpaired) electrons. The Kier molecular flexibility index (Phi) is 6.55. The minimum absolute atomic E-state index is 0.105. The standard InChI is InChI=1S/C24H27NO3S/c26-22(17-29-21-13-12-18-10-7-11-20(18)16-21)28-23(19-8-3-1-4-9-19)24(27)25-14-5-2-6-15-25/h1,3-4,8-9,12-13,16,23H,2,5-7,10-11,14-15,17H2/t23-/m1/s1. The predicted molar refractivity (Wildman–Crippen MR) is 115 cm³/mol. The molecule has 0 spiro atoms. The normalized spacial score (nSPS) is 16.9. The monoisotopic (exact) mass is 409 g/mol. The molecule has 29 heavy (non-hydrogen) atoms. The zero-order chi connectivity index (χ0) is 20.1. The number of piperidine rings is 1. The van der Waals surface area contributed by atoms with Gasteiger partial charge < -0.3 is 9.64 Å². The Hall–Kier alpha value is -2.27. The number of aryl methyl sites for hydroxylation is 2. The number of hydrogen-bond donors (Lipinski definition) is 0. The van der Waals surface area contributed by atoms with Crippen molar-refractivity contribution in [3.8, 4) is 0 Å². The molecule has 2 aromatic carbocycles. The number of amides is 1. The lowest BCUT2D eigenvalue weighted by molar-refractivity contribution is -0.159. The zero-order valence-electron chi connectivity index (χ0n) is 16.6. The lowest BCUT2D eigenvalue weighted by atomic mass is 10.1. The van der Waals surface area contributed by atoms with Gasteiger partial charge in [-0.25, -0.2) is 0 Å². The van der Waals surface area contributed by atoms with E-state index in [-0.39, 0.29) is 17.6 Å². The van der Waals surface area contributed by atoms with E-state index in [4.69, 9.17) is 4.74 Å². The van der Waals surface area contributed by atoms with Crippen LogP contribution in [-0.4, -0.2) is 35.6 Å². The summed E-state index contributed by atoms with van der Waals surface area (Å²) in [5, 5.41) is 0. The van der Waals surface area contributed by atoms with Gasteiger partial charge in [-0.1, -0.05) is 36.4 Å². The molecule has 1 saturated heterocycles. The molecule has 152 valence electrons. The number of fused-ring (bicyclic) bond motifs is 1. The van der Waals surface area contributed by atoms with E-state index in [0.717, 1.165) is 55.7 Å². The van der Waals surface area contributed by atoms with Crippen LogP contribution in [-0.2, 0) is 27.2 Å². The first-order valence-electron chi connectivity index (χ1n) is 10.5. The summed E-state index contributed by atoms with van der Waals surface area (Å²) in [7, 11) is 0. The highest BCUT2D eigenvalue weighted by molar-refractivity contribution is 8.00. The Labute approximate surface area is 176 Å². The molecule has 5 heteroatoms. The third-order valence-electron chi connectivity index (χ3n) is 5.67. The average molecular weight is 410 g/mol. The van der Waals surface area contributed by atoms with E-state index in [1.54, 1.807) is 0 Å². The number of carbonyl (C=O) groups is 2. The Morgan fingerprint density at radius 1 is 0.931 bits per heavy atom. The molecular formula is C24H27NO3S. The van der Waals surface area contributed by atoms with Crippen molar-refractivity contribution in [1.29, 1.82) is 0 Å². The topological polar surface area (TPSA) is 46.6 Å². The first-order chi connectivity index (χ1) is 14.2. The summed E-state index contributed by atoms with van der Waals surface area (Å²) < 4.78 is 5.71. The van der Waals surface area contributed by atoms with Crippen LogP contribution < -0.4 is 0 Å². The van der Waals surface area contributed by atoms with Gasteiger partial charge >= 0.3 is 5.97 Å². The van der Waals surface area contributed by atoms with Gasteiger partial charge in [-0.2, -0.15) is 0 Å². The van der Waals surface area contributed by atoms with Crippen LogP contribution in [0.4, 0.5) is 0 Å². The number of likely N-dealkylation sites (tertiary alicyclic amines) is 1. The molecule has 1 heterocycles. The van der Waals surface area contributed by atoms with Crippen LogP contribution >= 0.6 is 11.8 Å². The number of esters is 1. The van der Waals surface area contributed by atoms with Crippen LogP contribution in [0, 0.1) is 0 Å². The Balaban J connectivity index is 1.41. The fourth-order valence-electron chi connectivity index (χ4n) is 4.11. The van der Waals surface area contributed by atoms with Crippen LogP contribution in [0.2, 0.25) is 0 Å². The summed E-state index contributed by atoms with van der Waals surface area (Å²) >= 11 is 1.48. The van der Waals surface area contributed by atoms with E-state index >= 15 is 0 Å². The van der Waals surface area contributed by atoms with Gasteiger partial charge in [-0.05, 0) is 61.8 Å². The Bertz CT molecular complexity index is 862. The van der Waals surface area contributed by atoms with Crippen molar-refractivity contribution in [2.45, 2.75) is 49.5 Å². The quantitative estimate of drug-likeness (QED) is 0.518. The number of ether oxygens (including phenoxy) is 1. The molecule has 2 aliphatic rings. The number of benzene rings is 2. The maximum atomic E-state index is 13.1. The number of nitrogens with zero attached hydrogens (tertiary/aromatic N) is 1. The number of rotatable bonds is 6. The lowest BCUT2D eigenvalue weighted by Gasteiger charge is -2.30. The van der Waals surface area contributed by atoms with Crippen molar-refractivity contribution < 1.29 is 14.3 Å². The van der Waals surface area contributed by atoms with Crippen LogP contribution in [0.25, 0.3) is 0 Å². The van der Waals surface area contributed by atoms with Gasteiger partial charge in [-0.15, -0.1) is 11.8 Å². The summed E-state index contributed by atoms with van der Waals surface area (Å²) in [5.41, 5.74) is 3.55. The summed E-state index contributed by atoms with van der Waals surface area (Å²) in [6.45, 7) is 1.48. The summed E-state index contributed by atoms with van der Waals surface area (Å²) in [5.74, 6) is -0.253. The molecule has 0 bridgehead atoms. The fraction of sp³-hybridized carbons (Fsp3) is 0.417. The Morgan fingerprint density at radius 3 is 2.48 bits per heavy atom. The molecular weight excluding hydrogens is 382 g/mol. The third kappa shape index (κ3) is 5.02. The molecule has 1 amide bonds. The van der Waals surface area contributed by atoms with E-state index in [2.05, 4.69) is 18.2 Å². The molecule has 1 atom stereocenters. The van der Waals surface area contributed by atoms with Gasteiger partial charge in [0.2, 0.25) is 6.10 Å².